The highest BCUT2D eigenvalue weighted by Gasteiger charge is 2.54. The van der Waals surface area contributed by atoms with Crippen LogP contribution in [-0.4, -0.2) is 44.1 Å². The van der Waals surface area contributed by atoms with Crippen molar-refractivity contribution >= 4 is 23.2 Å². The van der Waals surface area contributed by atoms with Gasteiger partial charge in [-0.3, -0.25) is 0 Å². The number of alkyl halides is 3. The van der Waals surface area contributed by atoms with E-state index in [1.165, 1.54) is 12.1 Å². The van der Waals surface area contributed by atoms with Crippen LogP contribution in [0.1, 0.15) is 55.5 Å². The average Bonchev–Trinajstić information content (AvgIpc) is 3.39. The summed E-state index contributed by atoms with van der Waals surface area (Å²) in [5, 5.41) is 16.6. The van der Waals surface area contributed by atoms with E-state index in [0.29, 0.717) is 34.4 Å². The van der Waals surface area contributed by atoms with Gasteiger partial charge in [-0.25, -0.2) is 4.68 Å². The normalized spacial score (nSPS) is 27.3. The summed E-state index contributed by atoms with van der Waals surface area (Å²) in [7, 11) is 0. The summed E-state index contributed by atoms with van der Waals surface area (Å²) < 4.78 is 42.0. The van der Waals surface area contributed by atoms with E-state index in [1.54, 1.807) is 12.3 Å². The van der Waals surface area contributed by atoms with Crippen molar-refractivity contribution < 1.29 is 13.2 Å². The van der Waals surface area contributed by atoms with Crippen LogP contribution in [0.25, 0.3) is 0 Å². The summed E-state index contributed by atoms with van der Waals surface area (Å²) in [5.41, 5.74) is 1.00. The molecule has 196 valence electrons. The van der Waals surface area contributed by atoms with Gasteiger partial charge in [-0.15, -0.1) is 10.2 Å². The summed E-state index contributed by atoms with van der Waals surface area (Å²) in [6.07, 6.45) is 1.02. The van der Waals surface area contributed by atoms with Gasteiger partial charge in [0, 0.05) is 43.6 Å². The Labute approximate surface area is 218 Å². The Morgan fingerprint density at radius 1 is 1.14 bits per heavy atom. The lowest BCUT2D eigenvalue weighted by Gasteiger charge is -2.47. The highest BCUT2D eigenvalue weighted by atomic mass is 35.5. The lowest BCUT2D eigenvalue weighted by atomic mass is 9.61. The van der Waals surface area contributed by atoms with Crippen molar-refractivity contribution in [3.63, 3.8) is 0 Å². The standard InChI is InChI=1S/C26H29ClF3N7/c1-2-18-20-13-36(17-11-22(27)34-31-12-17)14-21(20)23(18)32-25-33-24-19(8-3-4-9-37(24)35-25)15-6-5-7-16(10-15)26(28,29)30/h5-7,10-12,18-21,23H,2-4,8-9,13-14H2,1H3,(H,32,35)/t18?,19?,20?,21-,23-/m1/s1. The minimum absolute atomic E-state index is 0.213. The van der Waals surface area contributed by atoms with Crippen molar-refractivity contribution in [3.05, 3.63) is 58.6 Å². The molecule has 0 spiro atoms. The third-order valence-electron chi connectivity index (χ3n) is 8.37. The fourth-order valence-electron chi connectivity index (χ4n) is 6.58. The molecular formula is C26H29ClF3N7. The van der Waals surface area contributed by atoms with Crippen molar-refractivity contribution in [2.75, 3.05) is 23.3 Å². The van der Waals surface area contributed by atoms with Crippen LogP contribution in [0.4, 0.5) is 24.8 Å². The zero-order valence-electron chi connectivity index (χ0n) is 20.5. The zero-order chi connectivity index (χ0) is 25.7. The van der Waals surface area contributed by atoms with Crippen molar-refractivity contribution in [2.24, 2.45) is 17.8 Å². The van der Waals surface area contributed by atoms with E-state index in [1.807, 2.05) is 10.7 Å². The molecule has 4 heterocycles. The lowest BCUT2D eigenvalue weighted by Crippen LogP contribution is -2.54. The molecule has 0 bridgehead atoms. The van der Waals surface area contributed by atoms with Crippen molar-refractivity contribution in [3.8, 4) is 0 Å². The number of aromatic nitrogens is 5. The molecule has 37 heavy (non-hydrogen) atoms. The van der Waals surface area contributed by atoms with E-state index < -0.39 is 11.7 Å². The molecule has 2 fully saturated rings. The fraction of sp³-hybridized carbons (Fsp3) is 0.538. The van der Waals surface area contributed by atoms with Gasteiger partial charge in [0.15, 0.2) is 5.15 Å². The molecule has 1 aliphatic carbocycles. The van der Waals surface area contributed by atoms with Crippen LogP contribution in [0, 0.1) is 17.8 Å². The molecule has 11 heteroatoms. The number of halogens is 4. The van der Waals surface area contributed by atoms with Gasteiger partial charge >= 0.3 is 6.18 Å². The zero-order valence-corrected chi connectivity index (χ0v) is 21.3. The van der Waals surface area contributed by atoms with E-state index >= 15 is 0 Å². The average molecular weight is 532 g/mol. The Morgan fingerprint density at radius 3 is 2.76 bits per heavy atom. The second kappa shape index (κ2) is 9.45. The number of fused-ring (bicyclic) bond motifs is 2. The molecule has 3 unspecified atom stereocenters. The van der Waals surface area contributed by atoms with Gasteiger partial charge in [0.2, 0.25) is 5.95 Å². The molecule has 5 atom stereocenters. The summed E-state index contributed by atoms with van der Waals surface area (Å²) in [4.78, 5) is 7.18. The molecule has 6 rings (SSSR count). The molecule has 2 aromatic heterocycles. The van der Waals surface area contributed by atoms with Crippen LogP contribution in [-0.2, 0) is 12.7 Å². The van der Waals surface area contributed by atoms with Crippen LogP contribution in [0.15, 0.2) is 36.5 Å². The maximum atomic E-state index is 13.4. The van der Waals surface area contributed by atoms with E-state index in [9.17, 15) is 13.2 Å². The Bertz CT molecular complexity index is 1280. The maximum absolute atomic E-state index is 13.4. The minimum Gasteiger partial charge on any atom is -0.369 e. The molecule has 1 aromatic carbocycles. The van der Waals surface area contributed by atoms with Gasteiger partial charge in [0.25, 0.3) is 0 Å². The quantitative estimate of drug-likeness (QED) is 0.460. The summed E-state index contributed by atoms with van der Waals surface area (Å²) >= 11 is 6.06. The predicted molar refractivity (Wildman–Crippen MR) is 135 cm³/mol. The van der Waals surface area contributed by atoms with Gasteiger partial charge in [-0.05, 0) is 36.3 Å². The largest absolute Gasteiger partial charge is 0.416 e. The summed E-state index contributed by atoms with van der Waals surface area (Å²) in [6, 6.07) is 7.74. The third-order valence-corrected chi connectivity index (χ3v) is 8.55. The van der Waals surface area contributed by atoms with Crippen molar-refractivity contribution in [1.29, 1.82) is 0 Å². The summed E-state index contributed by atoms with van der Waals surface area (Å²) in [6.45, 7) is 4.77. The van der Waals surface area contributed by atoms with E-state index in [2.05, 4.69) is 27.3 Å². The first-order chi connectivity index (χ1) is 17.8. The minimum atomic E-state index is -4.37. The van der Waals surface area contributed by atoms with Crippen LogP contribution in [0.2, 0.25) is 5.15 Å². The van der Waals surface area contributed by atoms with E-state index in [0.717, 1.165) is 62.9 Å². The second-order valence-electron chi connectivity index (χ2n) is 10.4. The van der Waals surface area contributed by atoms with Crippen LogP contribution < -0.4 is 10.2 Å². The molecule has 1 N–H and O–H groups in total. The lowest BCUT2D eigenvalue weighted by molar-refractivity contribution is -0.137. The molecular weight excluding hydrogens is 503 g/mol. The van der Waals surface area contributed by atoms with Gasteiger partial charge in [-0.2, -0.15) is 23.3 Å². The molecule has 7 nitrogen and oxygen atoms in total. The first-order valence-corrected chi connectivity index (χ1v) is 13.3. The second-order valence-corrected chi connectivity index (χ2v) is 10.8. The van der Waals surface area contributed by atoms with Crippen molar-refractivity contribution in [1.82, 2.24) is 25.0 Å². The molecule has 0 amide bonds. The van der Waals surface area contributed by atoms with Crippen molar-refractivity contribution in [2.45, 2.75) is 57.3 Å². The number of aryl methyl sites for hydroxylation is 1. The molecule has 1 saturated carbocycles. The SMILES string of the molecule is CCC1C2CN(c3cnnc(Cl)c3)C[C@H]2[C@@H]1Nc1nc2n(n1)CCCCC2c1cccc(C(F)(F)F)c1. The van der Waals surface area contributed by atoms with Gasteiger partial charge in [-0.1, -0.05) is 49.6 Å². The maximum Gasteiger partial charge on any atom is 0.416 e. The number of nitrogens with zero attached hydrogens (tertiary/aromatic N) is 6. The van der Waals surface area contributed by atoms with Crippen LogP contribution in [0.3, 0.4) is 0 Å². The molecule has 3 aliphatic rings. The molecule has 0 radical (unpaired) electrons. The first-order valence-electron chi connectivity index (χ1n) is 12.9. The Morgan fingerprint density at radius 2 is 1.97 bits per heavy atom. The predicted octanol–water partition coefficient (Wildman–Crippen LogP) is 5.63. The number of rotatable bonds is 5. The van der Waals surface area contributed by atoms with Gasteiger partial charge < -0.3 is 10.2 Å². The first kappa shape index (κ1) is 24.5. The van der Waals surface area contributed by atoms with E-state index in [4.69, 9.17) is 21.7 Å². The molecule has 1 saturated heterocycles. The molecule has 2 aliphatic heterocycles. The number of nitrogens with one attached hydrogen (secondary N) is 1. The van der Waals surface area contributed by atoms with Gasteiger partial charge in [0.1, 0.15) is 5.82 Å². The van der Waals surface area contributed by atoms with Gasteiger partial charge in [0.05, 0.1) is 17.4 Å². The Balaban J connectivity index is 1.23. The smallest absolute Gasteiger partial charge is 0.369 e. The number of benzene rings is 1. The van der Waals surface area contributed by atoms with E-state index in [-0.39, 0.29) is 12.0 Å². The monoisotopic (exact) mass is 531 g/mol. The summed E-state index contributed by atoms with van der Waals surface area (Å²) in [5.74, 6) is 2.60. The fourth-order valence-corrected chi connectivity index (χ4v) is 6.74. The Hall–Kier alpha value is -2.88. The van der Waals surface area contributed by atoms with Crippen LogP contribution in [0.5, 0.6) is 0 Å². The number of hydrogen-bond acceptors (Lipinski definition) is 6. The molecule has 3 aromatic rings. The Kier molecular flexibility index (Phi) is 6.25. The van der Waals surface area contributed by atoms with Crippen LogP contribution >= 0.6 is 11.6 Å². The number of anilines is 2. The number of hydrogen-bond donors (Lipinski definition) is 1. The highest BCUT2D eigenvalue weighted by Crippen LogP contribution is 2.49. The highest BCUT2D eigenvalue weighted by molar-refractivity contribution is 6.29. The topological polar surface area (TPSA) is 71.8 Å². The third kappa shape index (κ3) is 4.53.